The molecule has 0 bridgehead atoms. The van der Waals surface area contributed by atoms with Gasteiger partial charge < -0.3 is 9.72 Å². The van der Waals surface area contributed by atoms with Gasteiger partial charge in [-0.25, -0.2) is 0 Å². The Morgan fingerprint density at radius 3 is 2.81 bits per heavy atom. The number of halogens is 2. The van der Waals surface area contributed by atoms with Gasteiger partial charge in [-0.05, 0) is 12.1 Å². The highest BCUT2D eigenvalue weighted by Crippen LogP contribution is 2.28. The Labute approximate surface area is 90.0 Å². The predicted octanol–water partition coefficient (Wildman–Crippen LogP) is 2.59. The SMILES string of the molecule is CN(O)c1c[nH]c2cc(OC(F)F)ccc12. The van der Waals surface area contributed by atoms with Gasteiger partial charge >= 0.3 is 6.61 Å². The molecule has 0 radical (unpaired) electrons. The van der Waals surface area contributed by atoms with Gasteiger partial charge in [0, 0.05) is 24.7 Å². The van der Waals surface area contributed by atoms with E-state index in [1.807, 2.05) is 0 Å². The molecule has 6 heteroatoms. The van der Waals surface area contributed by atoms with Gasteiger partial charge in [-0.3, -0.25) is 10.3 Å². The number of hydroxylamine groups is 1. The molecule has 0 saturated heterocycles. The first-order chi connectivity index (χ1) is 7.58. The Morgan fingerprint density at radius 2 is 2.19 bits per heavy atom. The van der Waals surface area contributed by atoms with E-state index in [-0.39, 0.29) is 5.75 Å². The van der Waals surface area contributed by atoms with Crippen LogP contribution in [0.3, 0.4) is 0 Å². The maximum Gasteiger partial charge on any atom is 0.387 e. The average molecular weight is 228 g/mol. The standard InChI is InChI=1S/C10H10F2N2O2/c1-14(15)9-5-13-8-4-6(16-10(11)12)2-3-7(8)9/h2-5,10,13,15H,1H3. The van der Waals surface area contributed by atoms with E-state index in [2.05, 4.69) is 9.72 Å². The van der Waals surface area contributed by atoms with Crippen LogP contribution >= 0.6 is 0 Å². The molecule has 1 aromatic carbocycles. The molecule has 86 valence electrons. The first kappa shape index (κ1) is 10.7. The lowest BCUT2D eigenvalue weighted by molar-refractivity contribution is -0.0497. The van der Waals surface area contributed by atoms with Crippen molar-refractivity contribution in [2.75, 3.05) is 12.1 Å². The number of hydrogen-bond donors (Lipinski definition) is 2. The molecule has 16 heavy (non-hydrogen) atoms. The summed E-state index contributed by atoms with van der Waals surface area (Å²) in [6.07, 6.45) is 1.58. The summed E-state index contributed by atoms with van der Waals surface area (Å²) in [6, 6.07) is 4.48. The van der Waals surface area contributed by atoms with Gasteiger partial charge in [0.25, 0.3) is 0 Å². The fourth-order valence-electron chi connectivity index (χ4n) is 1.53. The van der Waals surface area contributed by atoms with Gasteiger partial charge in [0.2, 0.25) is 0 Å². The molecule has 2 aromatic rings. The van der Waals surface area contributed by atoms with Crippen LogP contribution in [0.25, 0.3) is 10.9 Å². The van der Waals surface area contributed by atoms with Gasteiger partial charge in [-0.2, -0.15) is 8.78 Å². The van der Waals surface area contributed by atoms with Crippen LogP contribution in [0.15, 0.2) is 24.4 Å². The smallest absolute Gasteiger partial charge is 0.387 e. The molecule has 0 fully saturated rings. The zero-order valence-electron chi connectivity index (χ0n) is 8.45. The summed E-state index contributed by atoms with van der Waals surface area (Å²) in [5, 5.41) is 11.0. The molecule has 0 aliphatic heterocycles. The highest BCUT2D eigenvalue weighted by atomic mass is 19.3. The fraction of sp³-hybridized carbons (Fsp3) is 0.200. The molecule has 0 spiro atoms. The normalized spacial score (nSPS) is 11.1. The number of ether oxygens (including phenoxy) is 1. The van der Waals surface area contributed by atoms with Crippen LogP contribution in [0.4, 0.5) is 14.5 Å². The van der Waals surface area contributed by atoms with Crippen LogP contribution in [0.2, 0.25) is 0 Å². The average Bonchev–Trinajstić information content (AvgIpc) is 2.59. The summed E-state index contributed by atoms with van der Waals surface area (Å²) in [7, 11) is 1.48. The van der Waals surface area contributed by atoms with E-state index in [0.717, 1.165) is 10.4 Å². The quantitative estimate of drug-likeness (QED) is 0.794. The van der Waals surface area contributed by atoms with Crippen molar-refractivity contribution in [1.82, 2.24) is 4.98 Å². The summed E-state index contributed by atoms with van der Waals surface area (Å²) in [5.74, 6) is 0.0801. The number of aromatic amines is 1. The number of alkyl halides is 2. The summed E-state index contributed by atoms with van der Waals surface area (Å²) >= 11 is 0. The van der Waals surface area contributed by atoms with Crippen molar-refractivity contribution >= 4 is 16.6 Å². The molecule has 1 aromatic heterocycles. The minimum absolute atomic E-state index is 0.0801. The van der Waals surface area contributed by atoms with E-state index in [0.29, 0.717) is 11.2 Å². The number of nitrogens with one attached hydrogen (secondary N) is 1. The third-order valence-electron chi connectivity index (χ3n) is 2.21. The second kappa shape index (κ2) is 3.97. The number of H-pyrrole nitrogens is 1. The third kappa shape index (κ3) is 1.92. The second-order valence-corrected chi connectivity index (χ2v) is 3.28. The molecule has 2 N–H and O–H groups in total. The van der Waals surface area contributed by atoms with Gasteiger partial charge in [0.1, 0.15) is 5.75 Å². The van der Waals surface area contributed by atoms with Crippen molar-refractivity contribution in [3.8, 4) is 5.75 Å². The van der Waals surface area contributed by atoms with Crippen LogP contribution < -0.4 is 9.80 Å². The number of rotatable bonds is 3. The van der Waals surface area contributed by atoms with Gasteiger partial charge in [-0.1, -0.05) is 0 Å². The van der Waals surface area contributed by atoms with Crippen LogP contribution in [0.1, 0.15) is 0 Å². The summed E-state index contributed by atoms with van der Waals surface area (Å²) in [6.45, 7) is -2.84. The molecule has 0 saturated carbocycles. The number of aromatic nitrogens is 1. The zero-order chi connectivity index (χ0) is 11.7. The monoisotopic (exact) mass is 228 g/mol. The Morgan fingerprint density at radius 1 is 1.44 bits per heavy atom. The number of hydrogen-bond acceptors (Lipinski definition) is 3. The lowest BCUT2D eigenvalue weighted by atomic mass is 10.2. The van der Waals surface area contributed by atoms with Crippen molar-refractivity contribution in [2.45, 2.75) is 6.61 Å². The molecular formula is C10H10F2N2O2. The van der Waals surface area contributed by atoms with Crippen LogP contribution in [0, 0.1) is 0 Å². The second-order valence-electron chi connectivity index (χ2n) is 3.28. The minimum atomic E-state index is -2.84. The van der Waals surface area contributed by atoms with Crippen LogP contribution in [-0.2, 0) is 0 Å². The molecular weight excluding hydrogens is 218 g/mol. The Kier molecular flexibility index (Phi) is 2.66. The fourth-order valence-corrected chi connectivity index (χ4v) is 1.53. The van der Waals surface area contributed by atoms with Crippen molar-refractivity contribution in [3.05, 3.63) is 24.4 Å². The van der Waals surface area contributed by atoms with E-state index in [1.165, 1.54) is 19.2 Å². The topological polar surface area (TPSA) is 48.5 Å². The Hall–Kier alpha value is -1.82. The van der Waals surface area contributed by atoms with Crippen molar-refractivity contribution in [2.24, 2.45) is 0 Å². The molecule has 0 atom stereocenters. The summed E-state index contributed by atoms with van der Waals surface area (Å²) in [5.41, 5.74) is 1.19. The first-order valence-electron chi connectivity index (χ1n) is 4.56. The minimum Gasteiger partial charge on any atom is -0.435 e. The van der Waals surface area contributed by atoms with Crippen molar-refractivity contribution < 1.29 is 18.7 Å². The molecule has 4 nitrogen and oxygen atoms in total. The maximum atomic E-state index is 12.0. The molecule has 1 heterocycles. The molecule has 0 aliphatic carbocycles. The number of nitrogens with zero attached hydrogens (tertiary/aromatic N) is 1. The van der Waals surface area contributed by atoms with Crippen LogP contribution in [-0.4, -0.2) is 23.9 Å². The van der Waals surface area contributed by atoms with Gasteiger partial charge in [-0.15, -0.1) is 0 Å². The predicted molar refractivity (Wildman–Crippen MR) is 55.1 cm³/mol. The van der Waals surface area contributed by atoms with Gasteiger partial charge in [0.15, 0.2) is 0 Å². The van der Waals surface area contributed by atoms with E-state index in [9.17, 15) is 14.0 Å². The van der Waals surface area contributed by atoms with E-state index >= 15 is 0 Å². The van der Waals surface area contributed by atoms with Crippen molar-refractivity contribution in [1.29, 1.82) is 0 Å². The molecule has 2 rings (SSSR count). The zero-order valence-corrected chi connectivity index (χ0v) is 8.45. The van der Waals surface area contributed by atoms with Gasteiger partial charge in [0.05, 0.1) is 11.2 Å². The maximum absolute atomic E-state index is 12.0. The van der Waals surface area contributed by atoms with E-state index in [1.54, 1.807) is 12.3 Å². The molecule has 0 aliphatic rings. The van der Waals surface area contributed by atoms with E-state index < -0.39 is 6.61 Å². The number of anilines is 1. The summed E-state index contributed by atoms with van der Waals surface area (Å²) < 4.78 is 28.2. The van der Waals surface area contributed by atoms with E-state index in [4.69, 9.17) is 0 Å². The summed E-state index contributed by atoms with van der Waals surface area (Å²) in [4.78, 5) is 2.86. The first-order valence-corrected chi connectivity index (χ1v) is 4.56. The molecule has 0 amide bonds. The highest BCUT2D eigenvalue weighted by molar-refractivity contribution is 5.93. The lowest BCUT2D eigenvalue weighted by Crippen LogP contribution is -2.08. The number of benzene rings is 1. The Bertz CT molecular complexity index is 497. The molecule has 0 unspecified atom stereocenters. The highest BCUT2D eigenvalue weighted by Gasteiger charge is 2.09. The third-order valence-corrected chi connectivity index (χ3v) is 2.21. The van der Waals surface area contributed by atoms with Crippen LogP contribution in [0.5, 0.6) is 5.75 Å². The largest absolute Gasteiger partial charge is 0.435 e. The lowest BCUT2D eigenvalue weighted by Gasteiger charge is -2.08. The number of fused-ring (bicyclic) bond motifs is 1. The van der Waals surface area contributed by atoms with Crippen molar-refractivity contribution in [3.63, 3.8) is 0 Å². The Balaban J connectivity index is 2.41.